The Morgan fingerprint density at radius 3 is 2.67 bits per heavy atom. The van der Waals surface area contributed by atoms with E-state index in [9.17, 15) is 13.6 Å². The van der Waals surface area contributed by atoms with Crippen LogP contribution < -0.4 is 15.4 Å². The van der Waals surface area contributed by atoms with E-state index in [2.05, 4.69) is 15.0 Å². The third kappa shape index (κ3) is 4.60. The van der Waals surface area contributed by atoms with E-state index in [-0.39, 0.29) is 24.2 Å². The fraction of sp³-hybridized carbons (Fsp3) is 0.500. The summed E-state index contributed by atoms with van der Waals surface area (Å²) in [5, 5.41) is 0. The lowest BCUT2D eigenvalue weighted by Gasteiger charge is -2.28. The van der Waals surface area contributed by atoms with E-state index in [1.165, 1.54) is 11.7 Å². The number of rotatable bonds is 7. The topological polar surface area (TPSA) is 134 Å². The average molecular weight is 504 g/mol. The van der Waals surface area contributed by atoms with Crippen molar-refractivity contribution in [2.75, 3.05) is 51.6 Å². The van der Waals surface area contributed by atoms with E-state index in [1.807, 2.05) is 9.80 Å². The number of fused-ring (bicyclic) bond motifs is 1. The van der Waals surface area contributed by atoms with Crippen LogP contribution in [-0.4, -0.2) is 82.2 Å². The number of halogens is 2. The van der Waals surface area contributed by atoms with Gasteiger partial charge in [0.1, 0.15) is 18.0 Å². The molecular formula is C22H26F2N8O4. The zero-order chi connectivity index (χ0) is 25.2. The number of nitrogens with two attached hydrogens (primary N) is 1. The number of morpholine rings is 1. The molecular weight excluding hydrogens is 478 g/mol. The Kier molecular flexibility index (Phi) is 6.78. The van der Waals surface area contributed by atoms with Gasteiger partial charge in [-0.25, -0.2) is 18.6 Å². The highest BCUT2D eigenvalue weighted by molar-refractivity contribution is 5.84. The smallest absolute Gasteiger partial charge is 0.405 e. The number of amides is 1. The van der Waals surface area contributed by atoms with E-state index >= 15 is 0 Å². The van der Waals surface area contributed by atoms with Crippen molar-refractivity contribution in [3.8, 4) is 11.7 Å². The van der Waals surface area contributed by atoms with Gasteiger partial charge in [-0.2, -0.15) is 15.0 Å². The zero-order valence-electron chi connectivity index (χ0n) is 19.6. The van der Waals surface area contributed by atoms with Crippen molar-refractivity contribution in [2.24, 2.45) is 5.73 Å². The van der Waals surface area contributed by atoms with Crippen LogP contribution in [0.25, 0.3) is 17.0 Å². The summed E-state index contributed by atoms with van der Waals surface area (Å²) in [5.41, 5.74) is 5.81. The number of hydrogen-bond donors (Lipinski definition) is 1. The first kappa shape index (κ1) is 24.1. The van der Waals surface area contributed by atoms with Gasteiger partial charge >= 0.3 is 6.09 Å². The molecule has 4 heterocycles. The molecule has 0 saturated carbocycles. The predicted octanol–water partition coefficient (Wildman–Crippen LogP) is 2.18. The Morgan fingerprint density at radius 1 is 1.17 bits per heavy atom. The minimum Gasteiger partial charge on any atom is -0.494 e. The largest absolute Gasteiger partial charge is 0.494 e. The van der Waals surface area contributed by atoms with Gasteiger partial charge in [0.25, 0.3) is 6.43 Å². The number of carbonyl (C=O) groups is 1. The SMILES string of the molecule is COc1cccc2c1nc(C(F)F)n2-c1nc([C@H]2CCCN2COC(N)=O)nc(N2CCOCC2)n1. The fourth-order valence-electron chi connectivity index (χ4n) is 4.56. The number of para-hydroxylation sites is 1. The van der Waals surface area contributed by atoms with Crippen molar-refractivity contribution in [2.45, 2.75) is 25.3 Å². The number of primary amides is 1. The van der Waals surface area contributed by atoms with Crippen molar-refractivity contribution < 1.29 is 27.8 Å². The van der Waals surface area contributed by atoms with Gasteiger partial charge in [-0.15, -0.1) is 0 Å². The van der Waals surface area contributed by atoms with Crippen molar-refractivity contribution in [3.05, 3.63) is 29.8 Å². The Balaban J connectivity index is 1.65. The zero-order valence-corrected chi connectivity index (χ0v) is 19.6. The Morgan fingerprint density at radius 2 is 1.94 bits per heavy atom. The normalized spacial score (nSPS) is 18.8. The standard InChI is InChI=1S/C22H26F2N8O4/c1-34-15-6-2-4-13-16(15)26-19(17(23)24)32(13)22-28-18(14-5-3-7-31(14)12-36-20(25)33)27-21(29-22)30-8-10-35-11-9-30/h2,4,6,14,17H,3,5,7-12H2,1H3,(H2,25,33)/t14-/m1/s1. The summed E-state index contributed by atoms with van der Waals surface area (Å²) in [6.45, 7) is 2.68. The van der Waals surface area contributed by atoms with Gasteiger partial charge in [0.15, 0.2) is 11.6 Å². The number of benzene rings is 1. The molecule has 0 unspecified atom stereocenters. The molecule has 1 amide bonds. The van der Waals surface area contributed by atoms with E-state index in [0.29, 0.717) is 62.3 Å². The molecule has 2 N–H and O–H groups in total. The molecule has 5 rings (SSSR count). The second kappa shape index (κ2) is 10.1. The summed E-state index contributed by atoms with van der Waals surface area (Å²) in [6.07, 6.45) is -2.27. The predicted molar refractivity (Wildman–Crippen MR) is 123 cm³/mol. The number of likely N-dealkylation sites (tertiary alicyclic amines) is 1. The van der Waals surface area contributed by atoms with Crippen LogP contribution >= 0.6 is 0 Å². The fourth-order valence-corrected chi connectivity index (χ4v) is 4.56. The summed E-state index contributed by atoms with van der Waals surface area (Å²) in [4.78, 5) is 33.1. The number of imidazole rings is 1. The van der Waals surface area contributed by atoms with Gasteiger partial charge in [-0.05, 0) is 25.0 Å². The molecule has 1 atom stereocenters. The molecule has 0 aliphatic carbocycles. The minimum atomic E-state index is -2.89. The summed E-state index contributed by atoms with van der Waals surface area (Å²) in [7, 11) is 1.45. The Labute approximate surface area is 205 Å². The van der Waals surface area contributed by atoms with Gasteiger partial charge in [0.05, 0.1) is 31.9 Å². The lowest BCUT2D eigenvalue weighted by Crippen LogP contribution is -2.38. The molecule has 2 aliphatic heterocycles. The highest BCUT2D eigenvalue weighted by Crippen LogP contribution is 2.34. The maximum absolute atomic E-state index is 14.2. The third-order valence-electron chi connectivity index (χ3n) is 6.25. The summed E-state index contributed by atoms with van der Waals surface area (Å²) in [5.74, 6) is 0.625. The van der Waals surface area contributed by atoms with Crippen LogP contribution in [0.5, 0.6) is 5.75 Å². The molecule has 0 bridgehead atoms. The van der Waals surface area contributed by atoms with Crippen molar-refractivity contribution in [1.29, 1.82) is 0 Å². The number of methoxy groups -OCH3 is 1. The van der Waals surface area contributed by atoms with Crippen LogP contribution in [0, 0.1) is 0 Å². The molecule has 36 heavy (non-hydrogen) atoms. The molecule has 0 radical (unpaired) electrons. The van der Waals surface area contributed by atoms with E-state index in [4.69, 9.17) is 24.9 Å². The molecule has 1 aromatic carbocycles. The van der Waals surface area contributed by atoms with E-state index in [0.717, 1.165) is 6.42 Å². The minimum absolute atomic E-state index is 0.0233. The summed E-state index contributed by atoms with van der Waals surface area (Å²) >= 11 is 0. The van der Waals surface area contributed by atoms with Crippen LogP contribution in [0.15, 0.2) is 18.2 Å². The van der Waals surface area contributed by atoms with Gasteiger partial charge < -0.3 is 24.8 Å². The van der Waals surface area contributed by atoms with E-state index < -0.39 is 18.3 Å². The Hall–Kier alpha value is -3.65. The maximum atomic E-state index is 14.2. The van der Waals surface area contributed by atoms with Crippen molar-refractivity contribution >= 4 is 23.1 Å². The van der Waals surface area contributed by atoms with Crippen LogP contribution in [0.3, 0.4) is 0 Å². The van der Waals surface area contributed by atoms with Crippen molar-refractivity contribution in [1.82, 2.24) is 29.4 Å². The molecule has 14 heteroatoms. The molecule has 2 aliphatic rings. The molecule has 2 fully saturated rings. The van der Waals surface area contributed by atoms with Crippen LogP contribution in [0.2, 0.25) is 0 Å². The van der Waals surface area contributed by atoms with Crippen LogP contribution in [0.4, 0.5) is 19.5 Å². The second-order valence-corrected chi connectivity index (χ2v) is 8.39. The first-order chi connectivity index (χ1) is 17.5. The first-order valence-corrected chi connectivity index (χ1v) is 11.5. The lowest BCUT2D eigenvalue weighted by molar-refractivity contribution is 0.0650. The molecule has 2 saturated heterocycles. The molecule has 0 spiro atoms. The van der Waals surface area contributed by atoms with Gasteiger partial charge in [0, 0.05) is 19.6 Å². The first-order valence-electron chi connectivity index (χ1n) is 11.5. The van der Waals surface area contributed by atoms with Crippen molar-refractivity contribution in [3.63, 3.8) is 0 Å². The molecule has 192 valence electrons. The number of carbonyl (C=O) groups excluding carboxylic acids is 1. The highest BCUT2D eigenvalue weighted by Gasteiger charge is 2.32. The van der Waals surface area contributed by atoms with Gasteiger partial charge in [-0.3, -0.25) is 9.47 Å². The quantitative estimate of drug-likeness (QED) is 0.510. The van der Waals surface area contributed by atoms with Crippen LogP contribution in [-0.2, 0) is 9.47 Å². The van der Waals surface area contributed by atoms with Gasteiger partial charge in [-0.1, -0.05) is 6.07 Å². The number of anilines is 1. The number of aromatic nitrogens is 5. The average Bonchev–Trinajstić information content (AvgIpc) is 3.52. The monoisotopic (exact) mass is 504 g/mol. The maximum Gasteiger partial charge on any atom is 0.405 e. The Bertz CT molecular complexity index is 1250. The number of nitrogens with zero attached hydrogens (tertiary/aromatic N) is 7. The molecule has 2 aromatic heterocycles. The van der Waals surface area contributed by atoms with E-state index in [1.54, 1.807) is 18.2 Å². The third-order valence-corrected chi connectivity index (χ3v) is 6.25. The number of alkyl halides is 2. The second-order valence-electron chi connectivity index (χ2n) is 8.39. The number of ether oxygens (including phenoxy) is 3. The summed E-state index contributed by atoms with van der Waals surface area (Å²) < 4.78 is 45.4. The highest BCUT2D eigenvalue weighted by atomic mass is 19.3. The molecule has 3 aromatic rings. The number of hydrogen-bond acceptors (Lipinski definition) is 10. The molecule has 12 nitrogen and oxygen atoms in total. The van der Waals surface area contributed by atoms with Gasteiger partial charge in [0.2, 0.25) is 11.9 Å². The lowest BCUT2D eigenvalue weighted by atomic mass is 10.2. The summed E-state index contributed by atoms with van der Waals surface area (Å²) in [6, 6.07) is 4.70. The van der Waals surface area contributed by atoms with Crippen LogP contribution in [0.1, 0.15) is 37.0 Å².